The summed E-state index contributed by atoms with van der Waals surface area (Å²) in [6.45, 7) is 1.81. The number of fused-ring (bicyclic) bond motifs is 1. The number of halogens is 3. The minimum Gasteiger partial charge on any atom is -0.388 e. The Kier molecular flexibility index (Phi) is 6.20. The average molecular weight is 470 g/mol. The molecule has 4 N–H and O–H groups in total. The number of carbonyl (C=O) groups excluding carboxylic acids is 1. The molecule has 1 unspecified atom stereocenters. The number of hydrogen-bond donors (Lipinski definition) is 3. The van der Waals surface area contributed by atoms with E-state index in [4.69, 9.17) is 5.73 Å². The van der Waals surface area contributed by atoms with Crippen molar-refractivity contribution in [1.29, 1.82) is 0 Å². The van der Waals surface area contributed by atoms with Gasteiger partial charge in [-0.2, -0.15) is 18.3 Å². The topological polar surface area (TPSA) is 118 Å². The Morgan fingerprint density at radius 2 is 1.94 bits per heavy atom. The molecule has 11 heteroatoms. The molecule has 3 aromatic heterocycles. The zero-order chi connectivity index (χ0) is 24.5. The molecule has 0 spiro atoms. The van der Waals surface area contributed by atoms with Gasteiger partial charge in [-0.05, 0) is 31.0 Å². The first-order chi connectivity index (χ1) is 16.2. The van der Waals surface area contributed by atoms with Gasteiger partial charge in [0.1, 0.15) is 11.8 Å². The van der Waals surface area contributed by atoms with Crippen LogP contribution in [0.25, 0.3) is 16.8 Å². The molecule has 0 saturated heterocycles. The summed E-state index contributed by atoms with van der Waals surface area (Å²) in [5, 5.41) is 16.9. The van der Waals surface area contributed by atoms with Gasteiger partial charge in [-0.15, -0.1) is 0 Å². The number of anilines is 1. The normalized spacial score (nSPS) is 12.6. The Balaban J connectivity index is 1.60. The van der Waals surface area contributed by atoms with Gasteiger partial charge in [0.05, 0.1) is 28.6 Å². The summed E-state index contributed by atoms with van der Waals surface area (Å²) in [5.41, 5.74) is 5.99. The first-order valence-corrected chi connectivity index (χ1v) is 10.3. The molecule has 8 nitrogen and oxygen atoms in total. The van der Waals surface area contributed by atoms with Crippen LogP contribution in [-0.2, 0) is 6.18 Å². The standard InChI is InChI=1S/C23H21F3N6O2/c1-13-16(22(34)28-8-7-19(33)14-5-3-2-4-6-14)9-15(11-29-13)18-10-17(23(24,25)26)20-21(27)30-12-31-32(18)20/h2-6,9-12,19,33H,7-8H2,1H3,(H,28,34)(H2,27,30,31). The van der Waals surface area contributed by atoms with Gasteiger partial charge in [0, 0.05) is 18.3 Å². The number of pyridine rings is 1. The average Bonchev–Trinajstić information content (AvgIpc) is 3.21. The van der Waals surface area contributed by atoms with Crippen LogP contribution >= 0.6 is 0 Å². The van der Waals surface area contributed by atoms with Gasteiger partial charge in [0.2, 0.25) is 0 Å². The quantitative estimate of drug-likeness (QED) is 0.397. The smallest absolute Gasteiger partial charge is 0.388 e. The Labute approximate surface area is 192 Å². The summed E-state index contributed by atoms with van der Waals surface area (Å²) in [6, 6.07) is 11.4. The van der Waals surface area contributed by atoms with E-state index in [1.54, 1.807) is 19.1 Å². The predicted molar refractivity (Wildman–Crippen MR) is 119 cm³/mol. The van der Waals surface area contributed by atoms with Gasteiger partial charge in [0.25, 0.3) is 5.91 Å². The van der Waals surface area contributed by atoms with Gasteiger partial charge in [0.15, 0.2) is 5.82 Å². The van der Waals surface area contributed by atoms with E-state index in [-0.39, 0.29) is 41.1 Å². The predicted octanol–water partition coefficient (Wildman–Crippen LogP) is 3.55. The number of nitrogens with zero attached hydrogens (tertiary/aromatic N) is 4. The number of carbonyl (C=O) groups is 1. The molecule has 1 amide bonds. The molecule has 34 heavy (non-hydrogen) atoms. The molecule has 3 heterocycles. The van der Waals surface area contributed by atoms with Crippen molar-refractivity contribution in [2.24, 2.45) is 0 Å². The van der Waals surface area contributed by atoms with E-state index >= 15 is 0 Å². The molecule has 0 fully saturated rings. The summed E-state index contributed by atoms with van der Waals surface area (Å²) < 4.78 is 41.8. The van der Waals surface area contributed by atoms with Crippen LogP contribution in [0.4, 0.5) is 19.0 Å². The highest BCUT2D eigenvalue weighted by atomic mass is 19.4. The highest BCUT2D eigenvalue weighted by molar-refractivity contribution is 5.96. The third-order valence-corrected chi connectivity index (χ3v) is 5.40. The van der Waals surface area contributed by atoms with Gasteiger partial charge >= 0.3 is 6.18 Å². The number of amides is 1. The zero-order valence-electron chi connectivity index (χ0n) is 18.0. The Bertz CT molecular complexity index is 1340. The summed E-state index contributed by atoms with van der Waals surface area (Å²) in [5.74, 6) is -0.776. The number of benzene rings is 1. The molecule has 0 saturated carbocycles. The maximum Gasteiger partial charge on any atom is 0.418 e. The Morgan fingerprint density at radius 3 is 2.65 bits per heavy atom. The Hall–Kier alpha value is -3.99. The maximum atomic E-state index is 13.6. The van der Waals surface area contributed by atoms with E-state index in [0.717, 1.165) is 22.5 Å². The molecule has 4 rings (SSSR count). The third-order valence-electron chi connectivity index (χ3n) is 5.40. The van der Waals surface area contributed by atoms with Gasteiger partial charge in [-0.1, -0.05) is 30.3 Å². The van der Waals surface area contributed by atoms with Crippen molar-refractivity contribution < 1.29 is 23.1 Å². The van der Waals surface area contributed by atoms with Crippen molar-refractivity contribution in [2.75, 3.05) is 12.3 Å². The van der Waals surface area contributed by atoms with Crippen LogP contribution in [0.15, 0.2) is 55.0 Å². The molecule has 176 valence electrons. The van der Waals surface area contributed by atoms with Crippen molar-refractivity contribution in [3.05, 3.63) is 77.4 Å². The van der Waals surface area contributed by atoms with E-state index in [1.165, 1.54) is 12.3 Å². The third kappa shape index (κ3) is 4.55. The SMILES string of the molecule is Cc1ncc(-c2cc(C(F)(F)F)c3c(N)ncnn23)cc1C(=O)NCCC(O)c1ccccc1. The van der Waals surface area contributed by atoms with Crippen LogP contribution in [0, 0.1) is 6.92 Å². The molecule has 0 aliphatic heterocycles. The second kappa shape index (κ2) is 9.10. The number of nitrogen functional groups attached to an aromatic ring is 1. The number of aliphatic hydroxyl groups is 1. The number of hydrogen-bond acceptors (Lipinski definition) is 6. The molecule has 0 bridgehead atoms. The fraction of sp³-hybridized carbons (Fsp3) is 0.217. The summed E-state index contributed by atoms with van der Waals surface area (Å²) in [7, 11) is 0. The highest BCUT2D eigenvalue weighted by Crippen LogP contribution is 2.38. The van der Waals surface area contributed by atoms with Crippen molar-refractivity contribution in [1.82, 2.24) is 24.9 Å². The second-order valence-corrected chi connectivity index (χ2v) is 7.67. The first-order valence-electron chi connectivity index (χ1n) is 10.3. The number of aliphatic hydroxyl groups excluding tert-OH is 1. The minimum absolute atomic E-state index is 0.0671. The van der Waals surface area contributed by atoms with Gasteiger partial charge < -0.3 is 16.2 Å². The largest absolute Gasteiger partial charge is 0.418 e. The molecular formula is C23H21F3N6O2. The lowest BCUT2D eigenvalue weighted by Crippen LogP contribution is -2.26. The van der Waals surface area contributed by atoms with E-state index in [1.807, 2.05) is 18.2 Å². The van der Waals surface area contributed by atoms with Gasteiger partial charge in [-0.25, -0.2) is 9.50 Å². The fourth-order valence-electron chi connectivity index (χ4n) is 3.65. The van der Waals surface area contributed by atoms with Crippen LogP contribution < -0.4 is 11.1 Å². The monoisotopic (exact) mass is 470 g/mol. The van der Waals surface area contributed by atoms with Crippen LogP contribution in [-0.4, -0.2) is 37.1 Å². The first kappa shape index (κ1) is 23.2. The summed E-state index contributed by atoms with van der Waals surface area (Å²) in [6.07, 6.45) is -2.72. The highest BCUT2D eigenvalue weighted by Gasteiger charge is 2.36. The zero-order valence-corrected chi connectivity index (χ0v) is 18.0. The maximum absolute atomic E-state index is 13.6. The van der Waals surface area contributed by atoms with Gasteiger partial charge in [-0.3, -0.25) is 9.78 Å². The van der Waals surface area contributed by atoms with Crippen LogP contribution in [0.3, 0.4) is 0 Å². The van der Waals surface area contributed by atoms with Crippen molar-refractivity contribution in [2.45, 2.75) is 25.6 Å². The van der Waals surface area contributed by atoms with Crippen molar-refractivity contribution in [3.63, 3.8) is 0 Å². The van der Waals surface area contributed by atoms with E-state index in [9.17, 15) is 23.1 Å². The molecule has 0 aliphatic carbocycles. The number of aromatic nitrogens is 4. The molecule has 0 radical (unpaired) electrons. The lowest BCUT2D eigenvalue weighted by molar-refractivity contribution is -0.136. The molecule has 4 aromatic rings. The summed E-state index contributed by atoms with van der Waals surface area (Å²) >= 11 is 0. The van der Waals surface area contributed by atoms with Crippen LogP contribution in [0.5, 0.6) is 0 Å². The molecule has 1 aromatic carbocycles. The number of nitrogens with two attached hydrogens (primary N) is 1. The Morgan fingerprint density at radius 1 is 1.21 bits per heavy atom. The minimum atomic E-state index is -4.68. The van der Waals surface area contributed by atoms with Crippen LogP contribution in [0.2, 0.25) is 0 Å². The van der Waals surface area contributed by atoms with E-state index in [2.05, 4.69) is 20.4 Å². The number of rotatable bonds is 6. The van der Waals surface area contributed by atoms with Crippen LogP contribution in [0.1, 0.15) is 39.7 Å². The van der Waals surface area contributed by atoms with Crippen molar-refractivity contribution >= 4 is 17.2 Å². The molecule has 0 aliphatic rings. The van der Waals surface area contributed by atoms with Crippen molar-refractivity contribution in [3.8, 4) is 11.3 Å². The van der Waals surface area contributed by atoms with E-state index in [0.29, 0.717) is 5.69 Å². The summed E-state index contributed by atoms with van der Waals surface area (Å²) in [4.78, 5) is 20.6. The lowest BCUT2D eigenvalue weighted by atomic mass is 10.1. The lowest BCUT2D eigenvalue weighted by Gasteiger charge is -2.13. The fourth-order valence-corrected chi connectivity index (χ4v) is 3.65. The molecule has 1 atom stereocenters. The molecular weight excluding hydrogens is 449 g/mol. The van der Waals surface area contributed by atoms with E-state index < -0.39 is 23.8 Å². The number of alkyl halides is 3. The number of nitrogens with one attached hydrogen (secondary N) is 1. The second-order valence-electron chi connectivity index (χ2n) is 7.67. The number of aryl methyl sites for hydroxylation is 1.